The van der Waals surface area contributed by atoms with E-state index in [4.69, 9.17) is 0 Å². The third-order valence-electron chi connectivity index (χ3n) is 5.42. The van der Waals surface area contributed by atoms with Crippen LogP contribution in [0.1, 0.15) is 44.6 Å². The van der Waals surface area contributed by atoms with Crippen LogP contribution in [0.25, 0.3) is 0 Å². The lowest BCUT2D eigenvalue weighted by atomic mass is 9.94. The number of nitrogens with one attached hydrogen (secondary N) is 2. The lowest BCUT2D eigenvalue weighted by Crippen LogP contribution is -3.16. The van der Waals surface area contributed by atoms with Gasteiger partial charge in [0.05, 0.1) is 6.04 Å². The van der Waals surface area contributed by atoms with Gasteiger partial charge < -0.3 is 14.8 Å². The van der Waals surface area contributed by atoms with Gasteiger partial charge in [0.2, 0.25) is 0 Å². The van der Waals surface area contributed by atoms with Crippen molar-refractivity contribution in [2.45, 2.75) is 68.1 Å². The fourth-order valence-electron chi connectivity index (χ4n) is 4.10. The lowest BCUT2D eigenvalue weighted by Gasteiger charge is -2.35. The van der Waals surface area contributed by atoms with Crippen LogP contribution >= 0.6 is 27.7 Å². The molecule has 0 saturated heterocycles. The van der Waals surface area contributed by atoms with Crippen LogP contribution in [0.2, 0.25) is 0 Å². The van der Waals surface area contributed by atoms with Crippen molar-refractivity contribution < 1.29 is 4.90 Å². The van der Waals surface area contributed by atoms with Crippen LogP contribution in [0.4, 0.5) is 5.82 Å². The first-order valence-corrected chi connectivity index (χ1v) is 10.5. The van der Waals surface area contributed by atoms with Crippen LogP contribution < -0.4 is 15.8 Å². The van der Waals surface area contributed by atoms with E-state index in [1.807, 2.05) is 0 Å². The van der Waals surface area contributed by atoms with Gasteiger partial charge in [-0.15, -0.1) is 0 Å². The van der Waals surface area contributed by atoms with E-state index >= 15 is 0 Å². The summed E-state index contributed by atoms with van der Waals surface area (Å²) in [6, 6.07) is 0.698. The molecule has 0 amide bonds. The van der Waals surface area contributed by atoms with Crippen LogP contribution in [0.5, 0.6) is 0 Å². The Hall–Kier alpha value is -0.530. The first kappa shape index (κ1) is 16.0. The van der Waals surface area contributed by atoms with E-state index in [1.165, 1.54) is 37.0 Å². The third kappa shape index (κ3) is 2.85. The Bertz CT molecular complexity index is 673. The summed E-state index contributed by atoms with van der Waals surface area (Å²) in [5.74, 6) is 1.02. The Kier molecular flexibility index (Phi) is 4.22. The topological polar surface area (TPSA) is 51.4 Å². The SMILES string of the molecule is C[C@]1(CBr)Cn2c(nc(=O)c3c2NC[NH+](C2CCCCC2)C3)S1. The average Bonchev–Trinajstić information content (AvgIpc) is 2.93. The van der Waals surface area contributed by atoms with Crippen molar-refractivity contribution in [3.8, 4) is 0 Å². The van der Waals surface area contributed by atoms with Gasteiger partial charge in [-0.25, -0.2) is 0 Å². The highest BCUT2D eigenvalue weighted by molar-refractivity contribution is 9.09. The van der Waals surface area contributed by atoms with Crippen molar-refractivity contribution in [1.29, 1.82) is 0 Å². The summed E-state index contributed by atoms with van der Waals surface area (Å²) in [6.07, 6.45) is 6.63. The van der Waals surface area contributed by atoms with Crippen LogP contribution in [-0.2, 0) is 13.1 Å². The normalized spacial score (nSPS) is 30.6. The summed E-state index contributed by atoms with van der Waals surface area (Å²) in [4.78, 5) is 18.5. The molecule has 1 aromatic rings. The van der Waals surface area contributed by atoms with Crippen molar-refractivity contribution in [3.05, 3.63) is 15.9 Å². The minimum absolute atomic E-state index is 0.0296. The van der Waals surface area contributed by atoms with Crippen LogP contribution in [0.3, 0.4) is 0 Å². The molecule has 1 aromatic heterocycles. The van der Waals surface area contributed by atoms with Gasteiger partial charge in [-0.2, -0.15) is 4.98 Å². The van der Waals surface area contributed by atoms with Crippen molar-refractivity contribution in [2.24, 2.45) is 0 Å². The van der Waals surface area contributed by atoms with E-state index in [0.29, 0.717) is 6.04 Å². The molecule has 1 unspecified atom stereocenters. The van der Waals surface area contributed by atoms with Crippen LogP contribution in [0, 0.1) is 0 Å². The van der Waals surface area contributed by atoms with Gasteiger partial charge in [-0.05, 0) is 32.6 Å². The summed E-state index contributed by atoms with van der Waals surface area (Å²) in [5, 5.41) is 5.33. The minimum atomic E-state index is -0.0296. The number of aromatic nitrogens is 2. The molecule has 1 aliphatic carbocycles. The second-order valence-corrected chi connectivity index (χ2v) is 9.44. The molecule has 0 bridgehead atoms. The fraction of sp³-hybridized carbons (Fsp3) is 0.750. The minimum Gasteiger partial charge on any atom is -0.324 e. The Morgan fingerprint density at radius 3 is 2.96 bits per heavy atom. The van der Waals surface area contributed by atoms with E-state index in [2.05, 4.69) is 37.7 Å². The fourth-order valence-corrected chi connectivity index (χ4v) is 5.71. The lowest BCUT2D eigenvalue weighted by molar-refractivity contribution is -0.938. The summed E-state index contributed by atoms with van der Waals surface area (Å²) in [6.45, 7) is 4.88. The largest absolute Gasteiger partial charge is 0.324 e. The third-order valence-corrected chi connectivity index (χ3v) is 8.29. The number of hydrogen-bond donors (Lipinski definition) is 2. The zero-order valence-corrected chi connectivity index (χ0v) is 15.9. The Balaban J connectivity index is 1.64. The number of quaternary nitrogens is 1. The maximum Gasteiger partial charge on any atom is 0.284 e. The predicted octanol–water partition coefficient (Wildman–Crippen LogP) is 1.60. The van der Waals surface area contributed by atoms with E-state index < -0.39 is 0 Å². The maximum atomic E-state index is 12.5. The summed E-state index contributed by atoms with van der Waals surface area (Å²) < 4.78 is 2.30. The number of rotatable bonds is 2. The molecular formula is C16H24BrN4OS+. The van der Waals surface area contributed by atoms with Crippen LogP contribution in [0.15, 0.2) is 9.95 Å². The average molecular weight is 400 g/mol. The first-order chi connectivity index (χ1) is 11.1. The molecule has 3 aliphatic rings. The number of hydrogen-bond acceptors (Lipinski definition) is 4. The first-order valence-electron chi connectivity index (χ1n) is 8.57. The molecule has 7 heteroatoms. The Morgan fingerprint density at radius 1 is 1.43 bits per heavy atom. The summed E-state index contributed by atoms with van der Waals surface area (Å²) >= 11 is 5.32. The van der Waals surface area contributed by atoms with Crippen molar-refractivity contribution in [2.75, 3.05) is 17.3 Å². The van der Waals surface area contributed by atoms with Gasteiger partial charge in [0.1, 0.15) is 17.9 Å². The smallest absolute Gasteiger partial charge is 0.284 e. The molecule has 0 spiro atoms. The number of fused-ring (bicyclic) bond motifs is 3. The number of halogens is 1. The molecule has 0 aromatic carbocycles. The number of anilines is 1. The van der Waals surface area contributed by atoms with Crippen LogP contribution in [-0.4, -0.2) is 32.3 Å². The summed E-state index contributed by atoms with van der Waals surface area (Å²) in [7, 11) is 0. The number of thioether (sulfide) groups is 1. The highest BCUT2D eigenvalue weighted by Crippen LogP contribution is 2.42. The monoisotopic (exact) mass is 399 g/mol. The van der Waals surface area contributed by atoms with Gasteiger partial charge in [0.15, 0.2) is 11.8 Å². The van der Waals surface area contributed by atoms with Crippen molar-refractivity contribution in [1.82, 2.24) is 9.55 Å². The second kappa shape index (κ2) is 6.08. The van der Waals surface area contributed by atoms with Gasteiger partial charge in [0, 0.05) is 16.6 Å². The van der Waals surface area contributed by atoms with Gasteiger partial charge >= 0.3 is 0 Å². The zero-order chi connectivity index (χ0) is 16.0. The number of nitrogens with zero attached hydrogens (tertiary/aromatic N) is 2. The van der Waals surface area contributed by atoms with Gasteiger partial charge in [0.25, 0.3) is 5.56 Å². The number of alkyl halides is 1. The molecule has 4 rings (SSSR count). The van der Waals surface area contributed by atoms with E-state index in [-0.39, 0.29) is 10.3 Å². The summed E-state index contributed by atoms with van der Waals surface area (Å²) in [5.41, 5.74) is 0.859. The molecule has 23 heavy (non-hydrogen) atoms. The molecule has 2 atom stereocenters. The predicted molar refractivity (Wildman–Crippen MR) is 96.6 cm³/mol. The van der Waals surface area contributed by atoms with Gasteiger partial charge in [-0.1, -0.05) is 34.1 Å². The standard InChI is InChI=1S/C16H23BrN4OS/c1-16(8-17)9-21-13-12(14(22)19-15(21)23-16)7-20(10-18-13)11-5-3-2-4-6-11/h11,18H,2-10H2,1H3/p+1/t16-/m0/s1. The van der Waals surface area contributed by atoms with Crippen molar-refractivity contribution in [3.63, 3.8) is 0 Å². The molecule has 126 valence electrons. The quantitative estimate of drug-likeness (QED) is 0.585. The van der Waals surface area contributed by atoms with Gasteiger partial charge in [-0.3, -0.25) is 4.79 Å². The molecule has 2 aliphatic heterocycles. The highest BCUT2D eigenvalue weighted by Gasteiger charge is 2.39. The second-order valence-electron chi connectivity index (χ2n) is 7.32. The molecule has 3 heterocycles. The van der Waals surface area contributed by atoms with E-state index in [9.17, 15) is 4.79 Å². The molecular weight excluding hydrogens is 376 g/mol. The Labute approximate surface area is 149 Å². The van der Waals surface area contributed by atoms with E-state index in [1.54, 1.807) is 11.8 Å². The molecule has 2 N–H and O–H groups in total. The Morgan fingerprint density at radius 2 is 2.22 bits per heavy atom. The van der Waals surface area contributed by atoms with Crippen molar-refractivity contribution >= 4 is 33.5 Å². The molecule has 1 fully saturated rings. The maximum absolute atomic E-state index is 12.5. The molecule has 0 radical (unpaired) electrons. The zero-order valence-electron chi connectivity index (χ0n) is 13.5. The van der Waals surface area contributed by atoms with E-state index in [0.717, 1.165) is 41.6 Å². The highest BCUT2D eigenvalue weighted by atomic mass is 79.9. The molecule has 5 nitrogen and oxygen atoms in total. The molecule has 1 saturated carbocycles.